The summed E-state index contributed by atoms with van der Waals surface area (Å²) in [6.07, 6.45) is 0. The van der Waals surface area contributed by atoms with Crippen molar-refractivity contribution in [2.45, 2.75) is 0 Å². The smallest absolute Gasteiger partial charge is 0.226 e. The number of aromatic amines is 1. The molecule has 0 aliphatic carbocycles. The molecular formula is C16H10N4O2S. The Morgan fingerprint density at radius 2 is 1.74 bits per heavy atom. The zero-order valence-electron chi connectivity index (χ0n) is 11.8. The number of H-pyrrole nitrogens is 1. The van der Waals surface area contributed by atoms with Gasteiger partial charge in [0.25, 0.3) is 0 Å². The molecular weight excluding hydrogens is 312 g/mol. The van der Waals surface area contributed by atoms with Gasteiger partial charge in [0.05, 0.1) is 5.69 Å². The maximum Gasteiger partial charge on any atom is 0.226 e. The summed E-state index contributed by atoms with van der Waals surface area (Å²) in [5, 5.41) is 9.11. The van der Waals surface area contributed by atoms with Crippen molar-refractivity contribution in [2.24, 2.45) is 15.2 Å². The Kier molecular flexibility index (Phi) is 3.13. The molecule has 0 spiro atoms. The number of hydrogen-bond donors (Lipinski definition) is 1. The minimum absolute atomic E-state index is 0.0699. The van der Waals surface area contributed by atoms with Crippen molar-refractivity contribution in [3.05, 3.63) is 60.2 Å². The maximum atomic E-state index is 11.5. The second kappa shape index (κ2) is 5.29. The molecule has 2 heterocycles. The molecule has 4 rings (SSSR count). The van der Waals surface area contributed by atoms with Crippen molar-refractivity contribution in [1.82, 2.24) is 4.98 Å². The van der Waals surface area contributed by atoms with E-state index < -0.39 is 10.3 Å². The van der Waals surface area contributed by atoms with Crippen LogP contribution in [-0.2, 0) is 10.3 Å². The summed E-state index contributed by atoms with van der Waals surface area (Å²) in [5.74, 6) is 0.638. The average molecular weight is 322 g/mol. The van der Waals surface area contributed by atoms with Crippen molar-refractivity contribution in [3.63, 3.8) is 0 Å². The lowest BCUT2D eigenvalue weighted by molar-refractivity contribution is 0.627. The number of nitrogens with zero attached hydrogens (tertiary/aromatic N) is 3. The number of fused-ring (bicyclic) bond motifs is 2. The van der Waals surface area contributed by atoms with E-state index in [0.717, 1.165) is 10.9 Å². The lowest BCUT2D eigenvalue weighted by Crippen LogP contribution is -2.09. The van der Waals surface area contributed by atoms with Gasteiger partial charge in [-0.2, -0.15) is 8.42 Å². The van der Waals surface area contributed by atoms with Crippen LogP contribution in [0.3, 0.4) is 0 Å². The van der Waals surface area contributed by atoms with Crippen LogP contribution in [0.15, 0.2) is 69.8 Å². The third-order valence-electron chi connectivity index (χ3n) is 3.51. The third-order valence-corrected chi connectivity index (χ3v) is 4.25. The van der Waals surface area contributed by atoms with Crippen molar-refractivity contribution in [2.75, 3.05) is 0 Å². The van der Waals surface area contributed by atoms with Gasteiger partial charge in [0.1, 0.15) is 0 Å². The topological polar surface area (TPSA) is 87.0 Å². The van der Waals surface area contributed by atoms with Crippen molar-refractivity contribution in [1.29, 1.82) is 0 Å². The summed E-state index contributed by atoms with van der Waals surface area (Å²) in [7, 11) is -2.43. The quantitative estimate of drug-likeness (QED) is 0.550. The Balaban J connectivity index is 1.75. The first-order chi connectivity index (χ1) is 11.2. The van der Waals surface area contributed by atoms with Crippen molar-refractivity contribution < 1.29 is 8.42 Å². The van der Waals surface area contributed by atoms with E-state index in [1.807, 2.05) is 30.3 Å². The third kappa shape index (κ3) is 2.36. The van der Waals surface area contributed by atoms with E-state index in [2.05, 4.69) is 20.2 Å². The number of hydrogen-bond acceptors (Lipinski definition) is 5. The van der Waals surface area contributed by atoms with Gasteiger partial charge in [-0.05, 0) is 18.2 Å². The molecule has 1 aliphatic rings. The van der Waals surface area contributed by atoms with Crippen molar-refractivity contribution in [3.8, 4) is 0 Å². The minimum atomic E-state index is -2.43. The second-order valence-corrected chi connectivity index (χ2v) is 5.84. The van der Waals surface area contributed by atoms with Gasteiger partial charge in [-0.1, -0.05) is 36.4 Å². The molecule has 6 nitrogen and oxygen atoms in total. The normalized spacial score (nSPS) is 13.6. The van der Waals surface area contributed by atoms with E-state index in [9.17, 15) is 8.42 Å². The lowest BCUT2D eigenvalue weighted by Gasteiger charge is -1.93. The number of rotatable bonds is 1. The highest BCUT2D eigenvalue weighted by Gasteiger charge is 2.23. The SMILES string of the molecule is O=S(=O)=C1C(N=Nc2cc3ccccc3[nH]2)=Nc2ccccc21. The Morgan fingerprint density at radius 3 is 2.57 bits per heavy atom. The molecule has 1 N–H and O–H groups in total. The monoisotopic (exact) mass is 322 g/mol. The van der Waals surface area contributed by atoms with Gasteiger partial charge in [0.2, 0.25) is 10.3 Å². The number of benzene rings is 2. The largest absolute Gasteiger partial charge is 0.338 e. The van der Waals surface area contributed by atoms with E-state index in [4.69, 9.17) is 0 Å². The Labute approximate surface area is 132 Å². The molecule has 0 amide bonds. The van der Waals surface area contributed by atoms with E-state index >= 15 is 0 Å². The zero-order valence-corrected chi connectivity index (χ0v) is 12.6. The van der Waals surface area contributed by atoms with Gasteiger partial charge in [-0.25, -0.2) is 4.99 Å². The van der Waals surface area contributed by atoms with Gasteiger partial charge in [0.15, 0.2) is 16.5 Å². The van der Waals surface area contributed by atoms with Gasteiger partial charge in [-0.3, -0.25) is 0 Å². The van der Waals surface area contributed by atoms with Gasteiger partial charge < -0.3 is 4.98 Å². The van der Waals surface area contributed by atoms with Crippen LogP contribution in [0.25, 0.3) is 10.9 Å². The van der Waals surface area contributed by atoms with Crippen LogP contribution in [-0.4, -0.2) is 24.1 Å². The van der Waals surface area contributed by atoms with Gasteiger partial charge in [-0.15, -0.1) is 10.2 Å². The van der Waals surface area contributed by atoms with Crippen LogP contribution in [0.1, 0.15) is 5.56 Å². The van der Waals surface area contributed by atoms with Gasteiger partial charge >= 0.3 is 0 Å². The highest BCUT2D eigenvalue weighted by atomic mass is 32.2. The Morgan fingerprint density at radius 1 is 0.957 bits per heavy atom. The van der Waals surface area contributed by atoms with Gasteiger partial charge in [0, 0.05) is 16.5 Å². The first-order valence-electron chi connectivity index (χ1n) is 6.86. The first-order valence-corrected chi connectivity index (χ1v) is 7.94. The summed E-state index contributed by atoms with van der Waals surface area (Å²) >= 11 is 0. The lowest BCUT2D eigenvalue weighted by atomic mass is 10.1. The number of para-hydroxylation sites is 2. The highest BCUT2D eigenvalue weighted by Crippen LogP contribution is 2.27. The van der Waals surface area contributed by atoms with Crippen LogP contribution in [0.4, 0.5) is 11.5 Å². The van der Waals surface area contributed by atoms with Crippen molar-refractivity contribution >= 4 is 43.4 Å². The molecule has 1 aromatic heterocycles. The fourth-order valence-corrected chi connectivity index (χ4v) is 3.08. The summed E-state index contributed by atoms with van der Waals surface area (Å²) in [6, 6.07) is 16.6. The fraction of sp³-hybridized carbons (Fsp3) is 0. The summed E-state index contributed by atoms with van der Waals surface area (Å²) in [5.41, 5.74) is 2.07. The molecule has 112 valence electrons. The molecule has 23 heavy (non-hydrogen) atoms. The predicted molar refractivity (Wildman–Crippen MR) is 89.4 cm³/mol. The first kappa shape index (κ1) is 13.6. The fourth-order valence-electron chi connectivity index (χ4n) is 2.49. The van der Waals surface area contributed by atoms with Crippen LogP contribution >= 0.6 is 0 Å². The molecule has 3 aromatic rings. The van der Waals surface area contributed by atoms with Crippen LogP contribution in [0.5, 0.6) is 0 Å². The summed E-state index contributed by atoms with van der Waals surface area (Å²) in [6.45, 7) is 0. The van der Waals surface area contributed by atoms with E-state index in [1.54, 1.807) is 24.3 Å². The number of aromatic nitrogens is 1. The van der Waals surface area contributed by atoms with Crippen LogP contribution in [0.2, 0.25) is 0 Å². The number of aliphatic imine (C=N–C) groups is 1. The number of azo groups is 1. The van der Waals surface area contributed by atoms with Crippen LogP contribution in [0, 0.1) is 0 Å². The molecule has 7 heteroatoms. The molecule has 1 aliphatic heterocycles. The molecule has 2 aromatic carbocycles. The van der Waals surface area contributed by atoms with E-state index in [0.29, 0.717) is 17.1 Å². The summed E-state index contributed by atoms with van der Waals surface area (Å²) < 4.78 is 23.0. The molecule has 0 radical (unpaired) electrons. The Bertz CT molecular complexity index is 1080. The molecule has 0 saturated heterocycles. The number of nitrogens with one attached hydrogen (secondary N) is 1. The van der Waals surface area contributed by atoms with E-state index in [1.165, 1.54) is 0 Å². The molecule has 0 saturated carbocycles. The highest BCUT2D eigenvalue weighted by molar-refractivity contribution is 7.75. The van der Waals surface area contributed by atoms with E-state index in [-0.39, 0.29) is 10.7 Å². The predicted octanol–water partition coefficient (Wildman–Crippen LogP) is 3.40. The maximum absolute atomic E-state index is 11.5. The number of amidine groups is 1. The molecule has 0 bridgehead atoms. The Hall–Kier alpha value is -3.06. The zero-order chi connectivity index (χ0) is 15.8. The second-order valence-electron chi connectivity index (χ2n) is 4.96. The summed E-state index contributed by atoms with van der Waals surface area (Å²) in [4.78, 5) is 7.41. The molecule has 0 unspecified atom stereocenters. The molecule has 0 atom stereocenters. The van der Waals surface area contributed by atoms with Crippen LogP contribution < -0.4 is 0 Å². The minimum Gasteiger partial charge on any atom is -0.338 e. The average Bonchev–Trinajstić information content (AvgIpc) is 3.13. The standard InChI is InChI=1S/C16H10N4O2S/c21-23(22)15-11-6-2-4-8-13(11)18-16(15)20-19-14-9-10-5-1-3-7-12(10)17-14/h1-9,17H. The molecule has 0 fully saturated rings.